The maximum Gasteiger partial charge on any atom is 0.291 e. The maximum absolute atomic E-state index is 13.4. The first-order valence-corrected chi connectivity index (χ1v) is 10.7. The number of ether oxygens (including phenoxy) is 1. The zero-order chi connectivity index (χ0) is 22.5. The van der Waals surface area contributed by atoms with Crippen molar-refractivity contribution >= 4 is 17.5 Å². The number of ketones is 2. The van der Waals surface area contributed by atoms with Crippen molar-refractivity contribution in [2.45, 2.75) is 32.4 Å². The molecule has 1 aliphatic heterocycles. The van der Waals surface area contributed by atoms with E-state index in [1.54, 1.807) is 41.6 Å². The van der Waals surface area contributed by atoms with Crippen molar-refractivity contribution in [2.75, 3.05) is 27.2 Å². The van der Waals surface area contributed by atoms with E-state index in [4.69, 9.17) is 4.74 Å². The molecule has 7 heteroatoms. The number of hydrogen-bond acceptors (Lipinski definition) is 4. The van der Waals surface area contributed by atoms with Crippen LogP contribution >= 0.6 is 0 Å². The van der Waals surface area contributed by atoms with Gasteiger partial charge in [-0.25, -0.2) is 4.98 Å². The van der Waals surface area contributed by atoms with Gasteiger partial charge in [-0.15, -0.1) is 0 Å². The number of Topliss-reactive ketones (excluding diaryl/α,β-unsaturated/α-hetero) is 2. The van der Waals surface area contributed by atoms with E-state index in [-0.39, 0.29) is 11.9 Å². The predicted octanol–water partition coefficient (Wildman–Crippen LogP) is 0.774. The summed E-state index contributed by atoms with van der Waals surface area (Å²) in [4.78, 5) is 45.0. The summed E-state index contributed by atoms with van der Waals surface area (Å²) >= 11 is 0. The highest BCUT2D eigenvalue weighted by Crippen LogP contribution is 2.38. The van der Waals surface area contributed by atoms with Crippen LogP contribution in [0.15, 0.2) is 48.8 Å². The molecular formula is C24H31N3O4+2. The van der Waals surface area contributed by atoms with Crippen LogP contribution in [0.3, 0.4) is 0 Å². The fraction of sp³-hybridized carbons (Fsp3) is 0.417. The summed E-state index contributed by atoms with van der Waals surface area (Å²) in [5.41, 5.74) is 1.17. The third kappa shape index (κ3) is 5.17. The van der Waals surface area contributed by atoms with Gasteiger partial charge in [-0.05, 0) is 43.7 Å². The number of hydrogen-bond donors (Lipinski definition) is 1. The zero-order valence-corrected chi connectivity index (χ0v) is 18.6. The lowest BCUT2D eigenvalue weighted by Crippen LogP contribution is -3.05. The van der Waals surface area contributed by atoms with Crippen molar-refractivity contribution in [3.05, 3.63) is 59.9 Å². The highest BCUT2D eigenvalue weighted by Gasteiger charge is 2.51. The minimum Gasteiger partial charge on any atom is -0.491 e. The Labute approximate surface area is 183 Å². The van der Waals surface area contributed by atoms with E-state index in [0.29, 0.717) is 17.9 Å². The summed E-state index contributed by atoms with van der Waals surface area (Å²) in [6.07, 6.45) is 4.25. The van der Waals surface area contributed by atoms with E-state index in [1.807, 2.05) is 40.1 Å². The number of aromatic amines is 1. The topological polar surface area (TPSA) is 82.3 Å². The van der Waals surface area contributed by atoms with Crippen molar-refractivity contribution in [1.29, 1.82) is 0 Å². The number of carbonyl (C=O) groups excluding carboxylic acids is 3. The molecule has 2 N–H and O–H groups in total. The molecule has 2 heterocycles. The molecule has 3 rings (SSSR count). The monoisotopic (exact) mass is 425 g/mol. The van der Waals surface area contributed by atoms with E-state index >= 15 is 0 Å². The molecule has 1 aromatic carbocycles. The molecule has 31 heavy (non-hydrogen) atoms. The number of benzene rings is 1. The first-order valence-electron chi connectivity index (χ1n) is 10.7. The van der Waals surface area contributed by atoms with E-state index in [0.717, 1.165) is 18.5 Å². The Bertz CT molecular complexity index is 926. The molecule has 2 unspecified atom stereocenters. The van der Waals surface area contributed by atoms with Crippen molar-refractivity contribution in [2.24, 2.45) is 5.92 Å². The molecule has 0 bridgehead atoms. The Balaban J connectivity index is 1.91. The number of quaternary nitrogens is 1. The molecule has 0 spiro atoms. The van der Waals surface area contributed by atoms with Gasteiger partial charge in [-0.2, -0.15) is 0 Å². The highest BCUT2D eigenvalue weighted by atomic mass is 16.5. The lowest BCUT2D eigenvalue weighted by molar-refractivity contribution is -0.858. The largest absolute Gasteiger partial charge is 0.491 e. The van der Waals surface area contributed by atoms with Crippen LogP contribution in [0, 0.1) is 5.92 Å². The summed E-state index contributed by atoms with van der Waals surface area (Å²) in [7, 11) is 4.08. The van der Waals surface area contributed by atoms with Gasteiger partial charge in [0.2, 0.25) is 5.78 Å². The van der Waals surface area contributed by atoms with Gasteiger partial charge in [0.05, 0.1) is 32.8 Å². The first-order chi connectivity index (χ1) is 14.8. The molecule has 7 nitrogen and oxygen atoms in total. The van der Waals surface area contributed by atoms with Crippen LogP contribution in [0.5, 0.6) is 5.75 Å². The molecule has 1 fully saturated rings. The molecule has 2 atom stereocenters. The van der Waals surface area contributed by atoms with Crippen molar-refractivity contribution < 1.29 is 29.0 Å². The van der Waals surface area contributed by atoms with Crippen LogP contribution in [0.4, 0.5) is 0 Å². The van der Waals surface area contributed by atoms with Gasteiger partial charge in [0.1, 0.15) is 11.7 Å². The van der Waals surface area contributed by atoms with Crippen LogP contribution in [0.25, 0.3) is 0 Å². The first kappa shape index (κ1) is 22.6. The molecule has 2 aromatic rings. The second-order valence-electron chi connectivity index (χ2n) is 8.48. The van der Waals surface area contributed by atoms with Gasteiger partial charge in [-0.1, -0.05) is 0 Å². The molecule has 1 amide bonds. The second-order valence-corrected chi connectivity index (χ2v) is 8.48. The molecule has 1 aromatic heterocycles. The molecule has 0 aliphatic carbocycles. The van der Waals surface area contributed by atoms with Crippen molar-refractivity contribution in [3.63, 3.8) is 0 Å². The average molecular weight is 426 g/mol. The van der Waals surface area contributed by atoms with Gasteiger partial charge in [0.15, 0.2) is 18.2 Å². The number of amides is 1. The predicted molar refractivity (Wildman–Crippen MR) is 115 cm³/mol. The summed E-state index contributed by atoms with van der Waals surface area (Å²) in [5, 5.41) is 0. The lowest BCUT2D eigenvalue weighted by Gasteiger charge is -2.27. The summed E-state index contributed by atoms with van der Waals surface area (Å²) in [6, 6.07) is 9.79. The third-order valence-electron chi connectivity index (χ3n) is 5.36. The third-order valence-corrected chi connectivity index (χ3v) is 5.36. The van der Waals surface area contributed by atoms with Gasteiger partial charge in [0, 0.05) is 30.7 Å². The van der Waals surface area contributed by atoms with E-state index < -0.39 is 23.7 Å². The van der Waals surface area contributed by atoms with Crippen LogP contribution in [0.1, 0.15) is 42.2 Å². The fourth-order valence-corrected chi connectivity index (χ4v) is 3.95. The molecule has 0 saturated carbocycles. The Morgan fingerprint density at radius 1 is 1.10 bits per heavy atom. The number of nitrogens with one attached hydrogen (secondary N) is 2. The lowest BCUT2D eigenvalue weighted by atomic mass is 9.86. The maximum atomic E-state index is 13.4. The number of carbonyl (C=O) groups is 3. The van der Waals surface area contributed by atoms with Gasteiger partial charge in [-0.3, -0.25) is 14.4 Å². The summed E-state index contributed by atoms with van der Waals surface area (Å²) in [6.45, 7) is 5.15. The van der Waals surface area contributed by atoms with Gasteiger partial charge >= 0.3 is 0 Å². The van der Waals surface area contributed by atoms with Gasteiger partial charge in [0.25, 0.3) is 5.91 Å². The van der Waals surface area contributed by atoms with E-state index in [2.05, 4.69) is 4.98 Å². The zero-order valence-electron chi connectivity index (χ0n) is 18.6. The van der Waals surface area contributed by atoms with Crippen LogP contribution < -0.4 is 14.6 Å². The number of pyridine rings is 1. The second kappa shape index (κ2) is 9.83. The molecule has 1 saturated heterocycles. The fourth-order valence-electron chi connectivity index (χ4n) is 3.95. The number of H-pyrrole nitrogens is 1. The Morgan fingerprint density at radius 3 is 2.32 bits per heavy atom. The van der Waals surface area contributed by atoms with Crippen LogP contribution in [0.2, 0.25) is 0 Å². The van der Waals surface area contributed by atoms with Crippen molar-refractivity contribution in [1.82, 2.24) is 4.90 Å². The highest BCUT2D eigenvalue weighted by molar-refractivity contribution is 6.44. The van der Waals surface area contributed by atoms with E-state index in [9.17, 15) is 14.4 Å². The quantitative estimate of drug-likeness (QED) is 0.366. The smallest absolute Gasteiger partial charge is 0.291 e. The molecule has 164 valence electrons. The average Bonchev–Trinajstić information content (AvgIpc) is 2.99. The Morgan fingerprint density at radius 2 is 1.74 bits per heavy atom. The van der Waals surface area contributed by atoms with E-state index in [1.165, 1.54) is 4.90 Å². The number of aromatic nitrogens is 1. The minimum absolute atomic E-state index is 0.0207. The Hall–Kier alpha value is -3.06. The minimum atomic E-state index is -1.06. The van der Waals surface area contributed by atoms with Crippen LogP contribution in [-0.2, 0) is 9.59 Å². The van der Waals surface area contributed by atoms with Gasteiger partial charge < -0.3 is 14.5 Å². The summed E-state index contributed by atoms with van der Waals surface area (Å²) in [5.74, 6) is -1.96. The Kier molecular flexibility index (Phi) is 7.17. The molecular weight excluding hydrogens is 394 g/mol. The standard InChI is InChI=1S/C24H29N3O4/c1-16(2)31-19-8-6-18(7-9-19)22(28)20-21(17-10-12-25-13-11-17)27(24(30)23(20)29)15-5-14-26(3)4/h6-13,16,20-21H,5,14-15H2,1-4H3/p+2. The van der Waals surface area contributed by atoms with Crippen molar-refractivity contribution in [3.8, 4) is 5.75 Å². The number of nitrogens with zero attached hydrogens (tertiary/aromatic N) is 1. The SMILES string of the molecule is CC(C)Oc1ccc(C(=O)C2C(=O)C(=O)N(CCC[NH+](C)C)C2c2cc[nH+]cc2)cc1. The summed E-state index contributed by atoms with van der Waals surface area (Å²) < 4.78 is 5.64. The van der Waals surface area contributed by atoms with Crippen LogP contribution in [-0.4, -0.2) is 55.7 Å². The number of rotatable bonds is 9. The number of likely N-dealkylation sites (tertiary alicyclic amines) is 1. The normalized spacial score (nSPS) is 18.8. The molecule has 1 aliphatic rings. The molecule has 0 radical (unpaired) electrons.